The number of benzene rings is 4. The first-order valence-electron chi connectivity index (χ1n) is 13.9. The summed E-state index contributed by atoms with van der Waals surface area (Å²) >= 11 is 5.91. The molecule has 2 N–H and O–H groups in total. The monoisotopic (exact) mass is 641 g/mol. The highest BCUT2D eigenvalue weighted by Gasteiger charge is 2.42. The average molecular weight is 642 g/mol. The first-order chi connectivity index (χ1) is 21.6. The SMILES string of the molecule is CC1c2c3c(ccc2=CC(c2ccccc2)C1S(=O)(=O)O)=c1ccccc1=C(c1cc(O)c(Cl)cc1F)C3=O.c1cnncn1. The fraction of sp³-hybridized carbons (Fsp3) is 0.118. The van der Waals surface area contributed by atoms with Crippen LogP contribution >= 0.6 is 11.6 Å². The van der Waals surface area contributed by atoms with E-state index in [-0.39, 0.29) is 27.5 Å². The summed E-state index contributed by atoms with van der Waals surface area (Å²) in [6.45, 7) is 1.68. The van der Waals surface area contributed by atoms with Gasteiger partial charge in [0.2, 0.25) is 0 Å². The number of hydrogen-bond acceptors (Lipinski definition) is 7. The lowest BCUT2D eigenvalue weighted by atomic mass is 9.75. The molecule has 1 aromatic heterocycles. The molecule has 0 fully saturated rings. The Bertz CT molecular complexity index is 2260. The van der Waals surface area contributed by atoms with Crippen molar-refractivity contribution in [1.82, 2.24) is 15.2 Å². The van der Waals surface area contributed by atoms with Crippen LogP contribution in [0.2, 0.25) is 5.02 Å². The number of halogens is 2. The number of aromatic hydroxyl groups is 1. The highest BCUT2D eigenvalue weighted by atomic mass is 35.5. The molecule has 1 heterocycles. The summed E-state index contributed by atoms with van der Waals surface area (Å²) in [4.78, 5) is 17.9. The minimum absolute atomic E-state index is 0.0387. The van der Waals surface area contributed by atoms with E-state index in [1.54, 1.807) is 61.7 Å². The third-order valence-corrected chi connectivity index (χ3v) is 9.81. The topological polar surface area (TPSA) is 130 Å². The second-order valence-corrected chi connectivity index (χ2v) is 12.7. The highest BCUT2D eigenvalue weighted by molar-refractivity contribution is 7.86. The Labute approximate surface area is 262 Å². The van der Waals surface area contributed by atoms with Crippen molar-refractivity contribution in [2.45, 2.75) is 24.0 Å². The number of rotatable bonds is 3. The molecule has 0 radical (unpaired) electrons. The largest absolute Gasteiger partial charge is 0.506 e. The van der Waals surface area contributed by atoms with Crippen LogP contribution in [0.25, 0.3) is 11.6 Å². The van der Waals surface area contributed by atoms with Crippen molar-refractivity contribution in [2.24, 2.45) is 0 Å². The Hall–Kier alpha value is -4.77. The Morgan fingerprint density at radius 1 is 0.889 bits per heavy atom. The summed E-state index contributed by atoms with van der Waals surface area (Å²) in [5.74, 6) is -3.08. The fourth-order valence-corrected chi connectivity index (χ4v) is 7.70. The Kier molecular flexibility index (Phi) is 8.05. The third kappa shape index (κ3) is 5.52. The van der Waals surface area contributed by atoms with E-state index in [0.717, 1.165) is 17.7 Å². The molecule has 11 heteroatoms. The van der Waals surface area contributed by atoms with Crippen molar-refractivity contribution in [3.63, 3.8) is 0 Å². The summed E-state index contributed by atoms with van der Waals surface area (Å²) in [7, 11) is -4.56. The standard InChI is InChI=1S/C31H22ClFO5S.C3H3N3/c1-16-27-18(13-22(31(16)39(36,37)38)17-7-3-2-4-8-17)11-12-21-19-9-5-6-10-20(19)28(30(35)29(21)27)23-14-26(34)24(32)15-25(23)33;1-2-5-6-3-4-1/h2-16,22,31,34H,1H3,(H,36,37,38);1-3H. The molecule has 2 aliphatic rings. The molecule has 0 aliphatic heterocycles. The smallest absolute Gasteiger partial charge is 0.269 e. The van der Waals surface area contributed by atoms with Gasteiger partial charge in [-0.1, -0.05) is 91.3 Å². The lowest BCUT2D eigenvalue weighted by Gasteiger charge is -2.34. The van der Waals surface area contributed by atoms with Crippen molar-refractivity contribution >= 4 is 39.2 Å². The van der Waals surface area contributed by atoms with Crippen LogP contribution in [0.3, 0.4) is 0 Å². The number of phenolic OH excluding ortho intramolecular Hbond substituents is 1. The van der Waals surface area contributed by atoms with Crippen LogP contribution in [0.1, 0.15) is 45.8 Å². The van der Waals surface area contributed by atoms with E-state index in [9.17, 15) is 22.9 Å². The quantitative estimate of drug-likeness (QED) is 0.272. The number of hydrogen-bond donors (Lipinski definition) is 2. The van der Waals surface area contributed by atoms with Gasteiger partial charge in [0.1, 0.15) is 23.1 Å². The van der Waals surface area contributed by atoms with E-state index < -0.39 is 38.8 Å². The van der Waals surface area contributed by atoms with E-state index in [1.165, 1.54) is 12.5 Å². The molecule has 5 aromatic rings. The van der Waals surface area contributed by atoms with Gasteiger partial charge in [0.25, 0.3) is 10.1 Å². The number of phenols is 1. The second kappa shape index (κ2) is 12.0. The van der Waals surface area contributed by atoms with E-state index >= 15 is 4.39 Å². The van der Waals surface area contributed by atoms with Crippen LogP contribution in [-0.2, 0) is 10.1 Å². The number of carbonyl (C=O) groups excluding carboxylic acids is 1. The number of Topliss-reactive ketones (excluding diaryl/α,β-unsaturated/α-hetero) is 1. The average Bonchev–Trinajstić information content (AvgIpc) is 3.04. The first kappa shape index (κ1) is 30.3. The Morgan fingerprint density at radius 2 is 1.60 bits per heavy atom. The number of aromatic nitrogens is 3. The molecule has 0 bridgehead atoms. The van der Waals surface area contributed by atoms with Gasteiger partial charge in [-0.05, 0) is 44.1 Å². The minimum Gasteiger partial charge on any atom is -0.506 e. The van der Waals surface area contributed by atoms with E-state index in [0.29, 0.717) is 26.4 Å². The lowest BCUT2D eigenvalue weighted by molar-refractivity contribution is 0.105. The zero-order chi connectivity index (χ0) is 31.9. The van der Waals surface area contributed by atoms with Crippen molar-refractivity contribution < 1.29 is 27.3 Å². The van der Waals surface area contributed by atoms with Crippen LogP contribution < -0.4 is 10.4 Å². The van der Waals surface area contributed by atoms with Crippen LogP contribution in [0.15, 0.2) is 97.6 Å². The maximum Gasteiger partial charge on any atom is 0.269 e. The Balaban J connectivity index is 0.000000535. The van der Waals surface area contributed by atoms with Crippen LogP contribution in [-0.4, -0.2) is 44.3 Å². The summed E-state index contributed by atoms with van der Waals surface area (Å²) in [5, 5.41) is 18.1. The number of ketones is 1. The van der Waals surface area contributed by atoms with Gasteiger partial charge in [0, 0.05) is 34.7 Å². The number of nitrogens with zero attached hydrogens (tertiary/aromatic N) is 3. The maximum atomic E-state index is 15.2. The van der Waals surface area contributed by atoms with Crippen molar-refractivity contribution in [3.05, 3.63) is 152 Å². The van der Waals surface area contributed by atoms with Gasteiger partial charge < -0.3 is 5.11 Å². The van der Waals surface area contributed by atoms with Gasteiger partial charge in [-0.2, -0.15) is 13.5 Å². The lowest BCUT2D eigenvalue weighted by Crippen LogP contribution is -2.40. The summed E-state index contributed by atoms with van der Waals surface area (Å²) in [5.41, 5.74) is 1.37. The fourth-order valence-electron chi connectivity index (χ4n) is 6.29. The molecule has 0 saturated carbocycles. The molecule has 0 saturated heterocycles. The van der Waals surface area contributed by atoms with Gasteiger partial charge in [-0.15, -0.1) is 5.10 Å². The molecule has 3 unspecified atom stereocenters. The van der Waals surface area contributed by atoms with Crippen LogP contribution in [0.5, 0.6) is 5.75 Å². The third-order valence-electron chi connectivity index (χ3n) is 8.12. The highest BCUT2D eigenvalue weighted by Crippen LogP contribution is 2.41. The molecule has 226 valence electrons. The molecule has 7 rings (SSSR count). The predicted octanol–water partition coefficient (Wildman–Crippen LogP) is 4.68. The van der Waals surface area contributed by atoms with E-state index in [1.807, 2.05) is 24.3 Å². The minimum atomic E-state index is -4.56. The van der Waals surface area contributed by atoms with Crippen LogP contribution in [0.4, 0.5) is 4.39 Å². The number of carbonyl (C=O) groups is 1. The summed E-state index contributed by atoms with van der Waals surface area (Å²) < 4.78 is 51.2. The number of fused-ring (bicyclic) bond motifs is 4. The molecule has 8 nitrogen and oxygen atoms in total. The molecular formula is C34H25ClFN3O5S. The first-order valence-corrected chi connectivity index (χ1v) is 15.8. The van der Waals surface area contributed by atoms with Crippen molar-refractivity contribution in [2.75, 3.05) is 0 Å². The molecular weight excluding hydrogens is 617 g/mol. The zero-order valence-electron chi connectivity index (χ0n) is 23.7. The van der Waals surface area contributed by atoms with Gasteiger partial charge in [0.05, 0.1) is 11.2 Å². The van der Waals surface area contributed by atoms with Crippen molar-refractivity contribution in [3.8, 4) is 5.75 Å². The predicted molar refractivity (Wildman–Crippen MR) is 167 cm³/mol. The summed E-state index contributed by atoms with van der Waals surface area (Å²) in [6, 6.07) is 21.8. The van der Waals surface area contributed by atoms with E-state index in [2.05, 4.69) is 15.2 Å². The Morgan fingerprint density at radius 3 is 2.22 bits per heavy atom. The molecule has 0 spiro atoms. The molecule has 0 amide bonds. The van der Waals surface area contributed by atoms with Gasteiger partial charge >= 0.3 is 0 Å². The normalized spacial score (nSPS) is 18.4. The summed E-state index contributed by atoms with van der Waals surface area (Å²) in [6.07, 6.45) is 6.26. The molecule has 45 heavy (non-hydrogen) atoms. The van der Waals surface area contributed by atoms with Gasteiger partial charge in [-0.25, -0.2) is 9.37 Å². The zero-order valence-corrected chi connectivity index (χ0v) is 25.2. The van der Waals surface area contributed by atoms with Gasteiger partial charge in [0.15, 0.2) is 5.78 Å². The van der Waals surface area contributed by atoms with Crippen molar-refractivity contribution in [1.29, 1.82) is 0 Å². The molecule has 3 atom stereocenters. The van der Waals surface area contributed by atoms with E-state index in [4.69, 9.17) is 11.6 Å². The maximum absolute atomic E-state index is 15.2. The molecule has 2 aliphatic carbocycles. The van der Waals surface area contributed by atoms with Gasteiger partial charge in [-0.3, -0.25) is 9.35 Å². The second-order valence-electron chi connectivity index (χ2n) is 10.7. The van der Waals surface area contributed by atoms with Crippen LogP contribution in [0, 0.1) is 16.3 Å². The molecule has 4 aromatic carbocycles.